The largest absolute Gasteiger partial charge is 0.340 e. The first kappa shape index (κ1) is 14.3. The summed E-state index contributed by atoms with van der Waals surface area (Å²) in [5, 5.41) is 0. The highest BCUT2D eigenvalue weighted by Crippen LogP contribution is 2.34. The first-order chi connectivity index (χ1) is 9.46. The minimum Gasteiger partial charge on any atom is -0.340 e. The second kappa shape index (κ2) is 5.30. The monoisotopic (exact) mass is 300 g/mol. The minimum atomic E-state index is -2.98. The number of nitrogens with zero attached hydrogens (tertiary/aromatic N) is 2. The zero-order valence-corrected chi connectivity index (χ0v) is 12.9. The van der Waals surface area contributed by atoms with E-state index < -0.39 is 9.84 Å². The summed E-state index contributed by atoms with van der Waals surface area (Å²) in [4.78, 5) is 16.9. The lowest BCUT2D eigenvalue weighted by Crippen LogP contribution is -2.48. The summed E-state index contributed by atoms with van der Waals surface area (Å²) in [6.45, 7) is 3.92. The second-order valence-electron chi connectivity index (χ2n) is 6.63. The standard InChI is InChI=1S/C14H24N2O3S/c1-11-9-15(7-8-20(18,19)10-11)14(17)13-3-2-6-16(13)12-4-5-12/h11-13H,2-10H2,1H3/t11-,13-/m0/s1. The topological polar surface area (TPSA) is 57.7 Å². The predicted octanol–water partition coefficient (Wildman–Crippen LogP) is 0.506. The summed E-state index contributed by atoms with van der Waals surface area (Å²) in [6, 6.07) is 0.620. The van der Waals surface area contributed by atoms with E-state index in [1.807, 2.05) is 6.92 Å². The van der Waals surface area contributed by atoms with Gasteiger partial charge in [0.15, 0.2) is 9.84 Å². The van der Waals surface area contributed by atoms with Gasteiger partial charge in [-0.2, -0.15) is 0 Å². The van der Waals surface area contributed by atoms with Gasteiger partial charge in [0.2, 0.25) is 5.91 Å². The van der Waals surface area contributed by atoms with Crippen molar-refractivity contribution in [1.29, 1.82) is 0 Å². The molecule has 114 valence electrons. The van der Waals surface area contributed by atoms with Crippen LogP contribution in [0.4, 0.5) is 0 Å². The van der Waals surface area contributed by atoms with Gasteiger partial charge in [0.1, 0.15) is 0 Å². The summed E-state index contributed by atoms with van der Waals surface area (Å²) in [5.41, 5.74) is 0. The van der Waals surface area contributed by atoms with Gasteiger partial charge in [-0.05, 0) is 38.1 Å². The third-order valence-corrected chi connectivity index (χ3v) is 6.53. The van der Waals surface area contributed by atoms with Crippen molar-refractivity contribution in [2.45, 2.75) is 44.7 Å². The third kappa shape index (κ3) is 3.01. The number of hydrogen-bond donors (Lipinski definition) is 0. The van der Waals surface area contributed by atoms with Gasteiger partial charge in [0.25, 0.3) is 0 Å². The van der Waals surface area contributed by atoms with Crippen molar-refractivity contribution in [2.75, 3.05) is 31.1 Å². The molecule has 3 rings (SSSR count). The Kier molecular flexibility index (Phi) is 3.79. The SMILES string of the molecule is C[C@H]1CN(C(=O)[C@@H]2CCCN2C2CC2)CCS(=O)(=O)C1. The van der Waals surface area contributed by atoms with Crippen molar-refractivity contribution in [2.24, 2.45) is 5.92 Å². The van der Waals surface area contributed by atoms with E-state index in [0.717, 1.165) is 19.4 Å². The maximum Gasteiger partial charge on any atom is 0.239 e. The number of likely N-dealkylation sites (tertiary alicyclic amines) is 1. The molecule has 0 bridgehead atoms. The van der Waals surface area contributed by atoms with E-state index >= 15 is 0 Å². The molecule has 2 aliphatic heterocycles. The molecule has 1 amide bonds. The second-order valence-corrected chi connectivity index (χ2v) is 8.86. The minimum absolute atomic E-state index is 0.00973. The van der Waals surface area contributed by atoms with Gasteiger partial charge in [-0.1, -0.05) is 6.92 Å². The Morgan fingerprint density at radius 2 is 1.90 bits per heavy atom. The van der Waals surface area contributed by atoms with Crippen molar-refractivity contribution in [3.63, 3.8) is 0 Å². The normalized spacial score (nSPS) is 35.0. The summed E-state index contributed by atoms with van der Waals surface area (Å²) in [7, 11) is -2.98. The summed E-state index contributed by atoms with van der Waals surface area (Å²) in [6.07, 6.45) is 4.46. The van der Waals surface area contributed by atoms with Crippen LogP contribution < -0.4 is 0 Å². The lowest BCUT2D eigenvalue weighted by Gasteiger charge is -2.30. The molecule has 0 unspecified atom stereocenters. The van der Waals surface area contributed by atoms with Gasteiger partial charge in [0.05, 0.1) is 17.5 Å². The highest BCUT2D eigenvalue weighted by Gasteiger charge is 2.42. The number of amides is 1. The number of hydrogen-bond acceptors (Lipinski definition) is 4. The fraction of sp³-hybridized carbons (Fsp3) is 0.929. The van der Waals surface area contributed by atoms with Crippen molar-refractivity contribution in [3.05, 3.63) is 0 Å². The molecule has 1 saturated carbocycles. The molecule has 0 aromatic heterocycles. The Morgan fingerprint density at radius 1 is 1.15 bits per heavy atom. The van der Waals surface area contributed by atoms with Gasteiger partial charge in [-0.15, -0.1) is 0 Å². The summed E-state index contributed by atoms with van der Waals surface area (Å²) >= 11 is 0. The van der Waals surface area contributed by atoms with Gasteiger partial charge < -0.3 is 4.90 Å². The number of carbonyl (C=O) groups is 1. The molecule has 0 N–H and O–H groups in total. The molecule has 0 radical (unpaired) electrons. The molecule has 0 aromatic carbocycles. The van der Waals surface area contributed by atoms with Crippen LogP contribution in [0, 0.1) is 5.92 Å². The molecule has 6 heteroatoms. The lowest BCUT2D eigenvalue weighted by atomic mass is 10.1. The van der Waals surface area contributed by atoms with E-state index in [9.17, 15) is 13.2 Å². The molecule has 2 heterocycles. The van der Waals surface area contributed by atoms with Gasteiger partial charge in [0, 0.05) is 19.1 Å². The Bertz CT molecular complexity index is 487. The van der Waals surface area contributed by atoms with E-state index in [1.165, 1.54) is 12.8 Å². The first-order valence-corrected chi connectivity index (χ1v) is 9.53. The molecule has 2 atom stereocenters. The fourth-order valence-corrected chi connectivity index (χ4v) is 5.23. The lowest BCUT2D eigenvalue weighted by molar-refractivity contribution is -0.136. The molecular weight excluding hydrogens is 276 g/mol. The molecule has 0 aromatic rings. The number of carbonyl (C=O) groups excluding carboxylic acids is 1. The van der Waals surface area contributed by atoms with Crippen molar-refractivity contribution in [3.8, 4) is 0 Å². The Balaban J connectivity index is 1.69. The zero-order valence-electron chi connectivity index (χ0n) is 12.1. The van der Waals surface area contributed by atoms with Crippen molar-refractivity contribution >= 4 is 15.7 Å². The van der Waals surface area contributed by atoms with Crippen molar-refractivity contribution < 1.29 is 13.2 Å². The van der Waals surface area contributed by atoms with Gasteiger partial charge >= 0.3 is 0 Å². The third-order valence-electron chi connectivity index (χ3n) is 4.65. The van der Waals surface area contributed by atoms with Crippen LogP contribution in [-0.2, 0) is 14.6 Å². The van der Waals surface area contributed by atoms with Crippen LogP contribution in [0.2, 0.25) is 0 Å². The van der Waals surface area contributed by atoms with Crippen LogP contribution in [-0.4, -0.2) is 67.3 Å². The number of rotatable bonds is 2. The molecule has 3 fully saturated rings. The first-order valence-electron chi connectivity index (χ1n) is 7.71. The molecule has 3 aliphatic rings. The Labute approximate surface area is 121 Å². The fourth-order valence-electron chi connectivity index (χ4n) is 3.59. The molecule has 20 heavy (non-hydrogen) atoms. The number of sulfone groups is 1. The molecule has 1 aliphatic carbocycles. The summed E-state index contributed by atoms with van der Waals surface area (Å²) < 4.78 is 23.6. The predicted molar refractivity (Wildman–Crippen MR) is 77.1 cm³/mol. The van der Waals surface area contributed by atoms with Crippen molar-refractivity contribution in [1.82, 2.24) is 9.80 Å². The van der Waals surface area contributed by atoms with Crippen LogP contribution >= 0.6 is 0 Å². The molecular formula is C14H24N2O3S. The van der Waals surface area contributed by atoms with Crippen LogP contribution in [0.25, 0.3) is 0 Å². The maximum atomic E-state index is 12.7. The smallest absolute Gasteiger partial charge is 0.239 e. The Hall–Kier alpha value is -0.620. The van der Waals surface area contributed by atoms with E-state index in [2.05, 4.69) is 4.90 Å². The van der Waals surface area contributed by atoms with E-state index in [4.69, 9.17) is 0 Å². The summed E-state index contributed by atoms with van der Waals surface area (Å²) in [5.74, 6) is 0.549. The molecule has 2 saturated heterocycles. The Morgan fingerprint density at radius 3 is 2.60 bits per heavy atom. The van der Waals surface area contributed by atoms with Gasteiger partial charge in [-0.3, -0.25) is 9.69 Å². The van der Waals surface area contributed by atoms with E-state index in [0.29, 0.717) is 19.1 Å². The van der Waals surface area contributed by atoms with Crippen LogP contribution in [0.15, 0.2) is 0 Å². The van der Waals surface area contributed by atoms with Crippen LogP contribution in [0.5, 0.6) is 0 Å². The highest BCUT2D eigenvalue weighted by molar-refractivity contribution is 7.91. The van der Waals surface area contributed by atoms with E-state index in [1.54, 1.807) is 4.90 Å². The quantitative estimate of drug-likeness (QED) is 0.745. The van der Waals surface area contributed by atoms with Crippen LogP contribution in [0.3, 0.4) is 0 Å². The molecule has 0 spiro atoms. The average Bonchev–Trinajstić information content (AvgIpc) is 3.12. The average molecular weight is 300 g/mol. The highest BCUT2D eigenvalue weighted by atomic mass is 32.2. The van der Waals surface area contributed by atoms with Crippen LogP contribution in [0.1, 0.15) is 32.6 Å². The maximum absolute atomic E-state index is 12.7. The van der Waals surface area contributed by atoms with E-state index in [-0.39, 0.29) is 29.4 Å². The zero-order chi connectivity index (χ0) is 14.3. The van der Waals surface area contributed by atoms with Gasteiger partial charge in [-0.25, -0.2) is 8.42 Å². The molecule has 5 nitrogen and oxygen atoms in total.